The van der Waals surface area contributed by atoms with Gasteiger partial charge in [0.05, 0.1) is 0 Å². The number of halogens is 2. The summed E-state index contributed by atoms with van der Waals surface area (Å²) in [6.45, 7) is 7.84. The predicted octanol–water partition coefficient (Wildman–Crippen LogP) is 3.64. The van der Waals surface area contributed by atoms with E-state index in [1.165, 1.54) is 32.4 Å². The molecule has 158 valence electrons. The predicted molar refractivity (Wildman–Crippen MR) is 126 cm³/mol. The van der Waals surface area contributed by atoms with Gasteiger partial charge >= 0.3 is 0 Å². The molecule has 0 radical (unpaired) electrons. The monoisotopic (exact) mass is 530 g/mol. The summed E-state index contributed by atoms with van der Waals surface area (Å²) in [5.74, 6) is 1.99. The molecule has 4 rings (SSSR count). The van der Waals surface area contributed by atoms with E-state index in [-0.39, 0.29) is 24.0 Å². The Morgan fingerprint density at radius 1 is 1.24 bits per heavy atom. The van der Waals surface area contributed by atoms with E-state index in [0.29, 0.717) is 29.3 Å². The van der Waals surface area contributed by atoms with Crippen LogP contribution in [0.2, 0.25) is 5.02 Å². The molecule has 1 aromatic heterocycles. The average Bonchev–Trinajstić information content (AvgIpc) is 3.47. The van der Waals surface area contributed by atoms with Crippen molar-refractivity contribution < 1.29 is 4.52 Å². The lowest BCUT2D eigenvalue weighted by atomic mass is 10.2. The lowest BCUT2D eigenvalue weighted by molar-refractivity contribution is 0.249. The molecule has 0 spiro atoms. The quantitative estimate of drug-likeness (QED) is 0.362. The Kier molecular flexibility index (Phi) is 8.14. The second-order valence-corrected chi connectivity index (χ2v) is 7.76. The van der Waals surface area contributed by atoms with E-state index in [4.69, 9.17) is 21.1 Å². The summed E-state index contributed by atoms with van der Waals surface area (Å²) < 4.78 is 5.39. The van der Waals surface area contributed by atoms with Crippen molar-refractivity contribution in [2.45, 2.75) is 38.8 Å². The van der Waals surface area contributed by atoms with Crippen molar-refractivity contribution in [1.29, 1.82) is 0 Å². The molecule has 2 fully saturated rings. The zero-order valence-corrected chi connectivity index (χ0v) is 19.8. The van der Waals surface area contributed by atoms with Crippen molar-refractivity contribution in [3.05, 3.63) is 35.2 Å². The Morgan fingerprint density at radius 2 is 2.00 bits per heavy atom. The van der Waals surface area contributed by atoms with Crippen molar-refractivity contribution in [3.8, 4) is 11.4 Å². The number of aliphatic imine (C=N–C) groups is 1. The van der Waals surface area contributed by atoms with Crippen molar-refractivity contribution in [3.63, 3.8) is 0 Å². The topological polar surface area (TPSA) is 69.8 Å². The molecular formula is C20H28ClIN6O. The van der Waals surface area contributed by atoms with E-state index < -0.39 is 0 Å². The lowest BCUT2D eigenvalue weighted by Gasteiger charge is -2.25. The lowest BCUT2D eigenvalue weighted by Crippen LogP contribution is -2.42. The maximum atomic E-state index is 5.94. The van der Waals surface area contributed by atoms with Crippen LogP contribution in [0, 0.1) is 0 Å². The third-order valence-corrected chi connectivity index (χ3v) is 5.64. The van der Waals surface area contributed by atoms with E-state index in [9.17, 15) is 0 Å². The smallest absolute Gasteiger partial charge is 0.248 e. The zero-order valence-electron chi connectivity index (χ0n) is 16.7. The largest absolute Gasteiger partial charge is 0.357 e. The normalized spacial score (nSPS) is 20.1. The molecule has 7 nitrogen and oxygen atoms in total. The summed E-state index contributed by atoms with van der Waals surface area (Å²) in [4.78, 5) is 14.2. The third-order valence-electron chi connectivity index (χ3n) is 5.39. The van der Waals surface area contributed by atoms with Gasteiger partial charge in [0.15, 0.2) is 5.96 Å². The fourth-order valence-corrected chi connectivity index (χ4v) is 4.07. The zero-order chi connectivity index (χ0) is 19.3. The Bertz CT molecular complexity index is 806. The highest BCUT2D eigenvalue weighted by Crippen LogP contribution is 2.21. The minimum absolute atomic E-state index is 0. The van der Waals surface area contributed by atoms with Gasteiger partial charge < -0.3 is 14.7 Å². The number of hydrogen-bond acceptors (Lipinski definition) is 5. The number of guanidine groups is 1. The highest BCUT2D eigenvalue weighted by molar-refractivity contribution is 14.0. The maximum Gasteiger partial charge on any atom is 0.248 e. The number of likely N-dealkylation sites (tertiary alicyclic amines) is 2. The first kappa shape index (κ1) is 22.3. The van der Waals surface area contributed by atoms with Crippen LogP contribution in [0.25, 0.3) is 11.4 Å². The molecule has 0 amide bonds. The average molecular weight is 531 g/mol. The first-order valence-corrected chi connectivity index (χ1v) is 10.5. The van der Waals surface area contributed by atoms with Gasteiger partial charge in [-0.2, -0.15) is 4.98 Å². The van der Waals surface area contributed by atoms with Gasteiger partial charge in [-0.05, 0) is 63.5 Å². The summed E-state index contributed by atoms with van der Waals surface area (Å²) >= 11 is 5.94. The Labute approximate surface area is 193 Å². The van der Waals surface area contributed by atoms with E-state index >= 15 is 0 Å². The van der Waals surface area contributed by atoms with Crippen LogP contribution in [-0.2, 0) is 6.54 Å². The minimum Gasteiger partial charge on any atom is -0.357 e. The molecule has 1 atom stereocenters. The number of hydrogen-bond donors (Lipinski definition) is 1. The molecule has 0 saturated carbocycles. The third kappa shape index (κ3) is 5.61. The summed E-state index contributed by atoms with van der Waals surface area (Å²) in [5.41, 5.74) is 0.878. The van der Waals surface area contributed by atoms with Gasteiger partial charge in [0.1, 0.15) is 6.54 Å². The van der Waals surface area contributed by atoms with Gasteiger partial charge in [0.2, 0.25) is 11.7 Å². The molecule has 2 saturated heterocycles. The molecule has 2 aliphatic rings. The standard InChI is InChI=1S/C20H27ClN6O.HI/c1-2-22-20(27-12-9-17(14-27)26-10-3-4-11-26)23-13-18-24-19(25-28-18)15-5-7-16(21)8-6-15;/h5-8,17H,2-4,9-14H2,1H3,(H,22,23);1H. The molecule has 0 aliphatic carbocycles. The van der Waals surface area contributed by atoms with Gasteiger partial charge in [-0.3, -0.25) is 4.90 Å². The van der Waals surface area contributed by atoms with Gasteiger partial charge in [-0.25, -0.2) is 4.99 Å². The number of rotatable bonds is 5. The number of aromatic nitrogens is 2. The highest BCUT2D eigenvalue weighted by Gasteiger charge is 2.30. The van der Waals surface area contributed by atoms with E-state index in [0.717, 1.165) is 31.2 Å². The highest BCUT2D eigenvalue weighted by atomic mass is 127. The molecule has 2 aliphatic heterocycles. The van der Waals surface area contributed by atoms with Crippen LogP contribution in [0.4, 0.5) is 0 Å². The SMILES string of the molecule is CCNC(=NCc1nc(-c2ccc(Cl)cc2)no1)N1CCC(N2CCCC2)C1.I. The fourth-order valence-electron chi connectivity index (χ4n) is 3.94. The second-order valence-electron chi connectivity index (χ2n) is 7.32. The summed E-state index contributed by atoms with van der Waals surface area (Å²) in [6.07, 6.45) is 3.86. The van der Waals surface area contributed by atoms with Crippen LogP contribution in [0.1, 0.15) is 32.1 Å². The summed E-state index contributed by atoms with van der Waals surface area (Å²) in [7, 11) is 0. The van der Waals surface area contributed by atoms with Gasteiger partial charge in [-0.1, -0.05) is 16.8 Å². The molecule has 1 aromatic carbocycles. The van der Waals surface area contributed by atoms with Crippen LogP contribution in [-0.4, -0.2) is 64.7 Å². The van der Waals surface area contributed by atoms with Crippen molar-refractivity contribution in [1.82, 2.24) is 25.3 Å². The minimum atomic E-state index is 0. The van der Waals surface area contributed by atoms with Crippen LogP contribution >= 0.6 is 35.6 Å². The van der Waals surface area contributed by atoms with Crippen LogP contribution in [0.3, 0.4) is 0 Å². The number of benzene rings is 1. The van der Waals surface area contributed by atoms with E-state index in [2.05, 4.69) is 32.2 Å². The summed E-state index contributed by atoms with van der Waals surface area (Å²) in [6, 6.07) is 8.04. The first-order chi connectivity index (χ1) is 13.7. The van der Waals surface area contributed by atoms with E-state index in [1.807, 2.05) is 24.3 Å². The van der Waals surface area contributed by atoms with Crippen molar-refractivity contribution >= 4 is 41.5 Å². The Morgan fingerprint density at radius 3 is 2.72 bits per heavy atom. The first-order valence-electron chi connectivity index (χ1n) is 10.1. The van der Waals surface area contributed by atoms with Crippen LogP contribution in [0.5, 0.6) is 0 Å². The number of nitrogens with zero attached hydrogens (tertiary/aromatic N) is 5. The second kappa shape index (κ2) is 10.6. The van der Waals surface area contributed by atoms with Crippen LogP contribution in [0.15, 0.2) is 33.8 Å². The molecule has 0 bridgehead atoms. The summed E-state index contributed by atoms with van der Waals surface area (Å²) in [5, 5.41) is 8.15. The number of nitrogens with one attached hydrogen (secondary N) is 1. The van der Waals surface area contributed by atoms with Gasteiger partial charge in [0, 0.05) is 36.3 Å². The fraction of sp³-hybridized carbons (Fsp3) is 0.550. The molecule has 1 N–H and O–H groups in total. The Hall–Kier alpha value is -1.39. The molecule has 2 aromatic rings. The molecule has 29 heavy (non-hydrogen) atoms. The molecule has 9 heteroatoms. The molecular weight excluding hydrogens is 503 g/mol. The van der Waals surface area contributed by atoms with Gasteiger partial charge in [0.25, 0.3) is 0 Å². The maximum absolute atomic E-state index is 5.94. The van der Waals surface area contributed by atoms with Crippen LogP contribution < -0.4 is 5.32 Å². The Balaban J connectivity index is 0.00000240. The van der Waals surface area contributed by atoms with Crippen molar-refractivity contribution in [2.24, 2.45) is 4.99 Å². The molecule has 1 unspecified atom stereocenters. The molecule has 3 heterocycles. The van der Waals surface area contributed by atoms with Crippen molar-refractivity contribution in [2.75, 3.05) is 32.7 Å². The van der Waals surface area contributed by atoms with Gasteiger partial charge in [-0.15, -0.1) is 24.0 Å². The van der Waals surface area contributed by atoms with E-state index in [1.54, 1.807) is 0 Å².